The largest absolute Gasteiger partial charge is 0.380 e. The van der Waals surface area contributed by atoms with Gasteiger partial charge in [-0.2, -0.15) is 0 Å². The van der Waals surface area contributed by atoms with Crippen molar-refractivity contribution in [3.8, 4) is 0 Å². The van der Waals surface area contributed by atoms with Crippen LogP contribution in [-0.2, 0) is 10.0 Å². The smallest absolute Gasteiger partial charge is 0.293 e. The second kappa shape index (κ2) is 6.84. The standard InChI is InChI=1S/C14H14ClN3O4S/c1-2-16-13-8-7-10(9-14(13)18(19)20)23(21,22)17-12-6-4-3-5-11(12)15/h3-9,16-17H,2H2,1H3. The minimum absolute atomic E-state index is 0.201. The Balaban J connectivity index is 2.42. The molecule has 0 heterocycles. The van der Waals surface area contributed by atoms with E-state index < -0.39 is 14.9 Å². The van der Waals surface area contributed by atoms with E-state index in [1.807, 2.05) is 0 Å². The maximum absolute atomic E-state index is 12.4. The van der Waals surface area contributed by atoms with Gasteiger partial charge in [-0.05, 0) is 31.2 Å². The molecule has 2 aromatic carbocycles. The van der Waals surface area contributed by atoms with Crippen LogP contribution >= 0.6 is 11.6 Å². The molecule has 0 saturated carbocycles. The molecule has 9 heteroatoms. The molecule has 2 rings (SSSR count). The summed E-state index contributed by atoms with van der Waals surface area (Å²) in [5.41, 5.74) is 0.149. The Morgan fingerprint density at radius 2 is 1.87 bits per heavy atom. The number of nitro benzene ring substituents is 1. The highest BCUT2D eigenvalue weighted by Gasteiger charge is 2.21. The molecule has 0 bridgehead atoms. The van der Waals surface area contributed by atoms with Gasteiger partial charge in [0.25, 0.3) is 15.7 Å². The quantitative estimate of drug-likeness (QED) is 0.610. The van der Waals surface area contributed by atoms with Crippen molar-refractivity contribution in [3.05, 3.63) is 57.6 Å². The van der Waals surface area contributed by atoms with Gasteiger partial charge in [0, 0.05) is 12.6 Å². The number of nitrogens with one attached hydrogen (secondary N) is 2. The maximum Gasteiger partial charge on any atom is 0.293 e. The first-order chi connectivity index (χ1) is 10.8. The van der Waals surface area contributed by atoms with Crippen LogP contribution in [0.3, 0.4) is 0 Å². The fourth-order valence-corrected chi connectivity index (χ4v) is 3.26. The van der Waals surface area contributed by atoms with E-state index in [0.717, 1.165) is 6.07 Å². The summed E-state index contributed by atoms with van der Waals surface area (Å²) in [6.45, 7) is 2.26. The van der Waals surface area contributed by atoms with Crippen LogP contribution in [0.1, 0.15) is 6.92 Å². The van der Waals surface area contributed by atoms with Crippen molar-refractivity contribution < 1.29 is 13.3 Å². The number of para-hydroxylation sites is 1. The first-order valence-electron chi connectivity index (χ1n) is 6.65. The van der Waals surface area contributed by atoms with Crippen molar-refractivity contribution in [3.63, 3.8) is 0 Å². The van der Waals surface area contributed by atoms with Gasteiger partial charge in [-0.3, -0.25) is 14.8 Å². The predicted octanol–water partition coefficient (Wildman–Crippen LogP) is 3.48. The highest BCUT2D eigenvalue weighted by molar-refractivity contribution is 7.92. The Bertz CT molecular complexity index is 840. The van der Waals surface area contributed by atoms with Crippen LogP contribution in [0.25, 0.3) is 0 Å². The zero-order valence-electron chi connectivity index (χ0n) is 12.1. The molecule has 2 aromatic rings. The van der Waals surface area contributed by atoms with Crippen LogP contribution in [0.2, 0.25) is 5.02 Å². The Morgan fingerprint density at radius 3 is 2.48 bits per heavy atom. The summed E-state index contributed by atoms with van der Waals surface area (Å²) >= 11 is 5.92. The van der Waals surface area contributed by atoms with Crippen molar-refractivity contribution in [1.29, 1.82) is 0 Å². The number of halogens is 1. The molecule has 0 saturated heterocycles. The molecule has 0 aliphatic heterocycles. The molecule has 122 valence electrons. The second-order valence-electron chi connectivity index (χ2n) is 4.55. The van der Waals surface area contributed by atoms with Crippen LogP contribution in [0, 0.1) is 10.1 Å². The van der Waals surface area contributed by atoms with Crippen LogP contribution < -0.4 is 10.0 Å². The lowest BCUT2D eigenvalue weighted by molar-refractivity contribution is -0.384. The Morgan fingerprint density at radius 1 is 1.17 bits per heavy atom. The van der Waals surface area contributed by atoms with Gasteiger partial charge in [0.2, 0.25) is 0 Å². The van der Waals surface area contributed by atoms with E-state index in [0.29, 0.717) is 6.54 Å². The minimum atomic E-state index is -3.99. The van der Waals surface area contributed by atoms with Crippen molar-refractivity contribution in [2.75, 3.05) is 16.6 Å². The van der Waals surface area contributed by atoms with Crippen LogP contribution in [0.5, 0.6) is 0 Å². The highest BCUT2D eigenvalue weighted by atomic mass is 35.5. The number of hydrogen-bond donors (Lipinski definition) is 2. The lowest BCUT2D eigenvalue weighted by atomic mass is 10.2. The third kappa shape index (κ3) is 3.91. The molecule has 23 heavy (non-hydrogen) atoms. The van der Waals surface area contributed by atoms with Crippen molar-refractivity contribution in [2.45, 2.75) is 11.8 Å². The Kier molecular flexibility index (Phi) is 5.07. The molecular weight excluding hydrogens is 342 g/mol. The average Bonchev–Trinajstić information content (AvgIpc) is 2.50. The molecule has 0 unspecified atom stereocenters. The lowest BCUT2D eigenvalue weighted by Crippen LogP contribution is -2.14. The number of nitrogens with zero attached hydrogens (tertiary/aromatic N) is 1. The first kappa shape index (κ1) is 17.0. The van der Waals surface area contributed by atoms with Gasteiger partial charge in [0.15, 0.2) is 0 Å². The fraction of sp³-hybridized carbons (Fsp3) is 0.143. The number of rotatable bonds is 6. The lowest BCUT2D eigenvalue weighted by Gasteiger charge is -2.11. The molecule has 7 nitrogen and oxygen atoms in total. The average molecular weight is 356 g/mol. The monoisotopic (exact) mass is 355 g/mol. The summed E-state index contributed by atoms with van der Waals surface area (Å²) in [6, 6.07) is 10.00. The third-order valence-corrected chi connectivity index (χ3v) is 4.65. The normalized spacial score (nSPS) is 11.0. The minimum Gasteiger partial charge on any atom is -0.380 e. The van der Waals surface area contributed by atoms with Gasteiger partial charge in [0.1, 0.15) is 5.69 Å². The molecule has 0 aliphatic rings. The van der Waals surface area contributed by atoms with Crippen LogP contribution in [-0.4, -0.2) is 19.9 Å². The molecule has 0 spiro atoms. The first-order valence-corrected chi connectivity index (χ1v) is 8.51. The number of hydrogen-bond acceptors (Lipinski definition) is 5. The maximum atomic E-state index is 12.4. The zero-order valence-corrected chi connectivity index (χ0v) is 13.7. The molecule has 0 atom stereocenters. The van der Waals surface area contributed by atoms with Gasteiger partial charge in [0.05, 0.1) is 20.5 Å². The van der Waals surface area contributed by atoms with Gasteiger partial charge < -0.3 is 5.32 Å². The van der Waals surface area contributed by atoms with Gasteiger partial charge in [-0.1, -0.05) is 23.7 Å². The summed E-state index contributed by atoms with van der Waals surface area (Å²) in [7, 11) is -3.99. The van der Waals surface area contributed by atoms with Gasteiger partial charge in [-0.15, -0.1) is 0 Å². The van der Waals surface area contributed by atoms with E-state index in [2.05, 4.69) is 10.0 Å². The topological polar surface area (TPSA) is 101 Å². The molecule has 0 fully saturated rings. The zero-order chi connectivity index (χ0) is 17.0. The second-order valence-corrected chi connectivity index (χ2v) is 6.64. The fourth-order valence-electron chi connectivity index (χ4n) is 1.92. The summed E-state index contributed by atoms with van der Waals surface area (Å²) in [5, 5.41) is 14.2. The van der Waals surface area contributed by atoms with Crippen molar-refractivity contribution in [1.82, 2.24) is 0 Å². The van der Waals surface area contributed by atoms with Gasteiger partial charge in [-0.25, -0.2) is 8.42 Å². The van der Waals surface area contributed by atoms with Crippen molar-refractivity contribution >= 4 is 38.7 Å². The SMILES string of the molecule is CCNc1ccc(S(=O)(=O)Nc2ccccc2Cl)cc1[N+](=O)[O-]. The predicted molar refractivity (Wildman–Crippen MR) is 89.5 cm³/mol. The van der Waals surface area contributed by atoms with E-state index in [1.54, 1.807) is 19.1 Å². The summed E-state index contributed by atoms with van der Waals surface area (Å²) < 4.78 is 27.1. The third-order valence-electron chi connectivity index (χ3n) is 2.96. The molecular formula is C14H14ClN3O4S. The molecule has 0 aromatic heterocycles. The molecule has 0 amide bonds. The van der Waals surface area contributed by atoms with Gasteiger partial charge >= 0.3 is 0 Å². The Hall–Kier alpha value is -2.32. The van der Waals surface area contributed by atoms with E-state index in [9.17, 15) is 18.5 Å². The number of anilines is 2. The van der Waals surface area contributed by atoms with Crippen LogP contribution in [0.4, 0.5) is 17.1 Å². The summed E-state index contributed by atoms with van der Waals surface area (Å²) in [4.78, 5) is 10.3. The summed E-state index contributed by atoms with van der Waals surface area (Å²) in [5.74, 6) is 0. The van der Waals surface area contributed by atoms with E-state index in [4.69, 9.17) is 11.6 Å². The highest BCUT2D eigenvalue weighted by Crippen LogP contribution is 2.29. The van der Waals surface area contributed by atoms with Crippen molar-refractivity contribution in [2.24, 2.45) is 0 Å². The number of benzene rings is 2. The van der Waals surface area contributed by atoms with E-state index in [-0.39, 0.29) is 27.0 Å². The number of sulfonamides is 1. The van der Waals surface area contributed by atoms with Crippen LogP contribution in [0.15, 0.2) is 47.4 Å². The molecule has 2 N–H and O–H groups in total. The Labute approximate surface area is 138 Å². The van der Waals surface area contributed by atoms with E-state index in [1.165, 1.54) is 24.3 Å². The number of nitro groups is 1. The molecule has 0 radical (unpaired) electrons. The molecule has 0 aliphatic carbocycles. The summed E-state index contributed by atoms with van der Waals surface area (Å²) in [6.07, 6.45) is 0. The van der Waals surface area contributed by atoms with E-state index >= 15 is 0 Å².